The van der Waals surface area contributed by atoms with Crippen LogP contribution >= 0.6 is 23.4 Å². The molecule has 152 valence electrons. The molecule has 0 radical (unpaired) electrons. The molecule has 1 N–H and O–H groups in total. The second-order valence-electron chi connectivity index (χ2n) is 6.46. The topological polar surface area (TPSA) is 87.3 Å². The van der Waals surface area contributed by atoms with Crippen LogP contribution in [-0.4, -0.2) is 40.7 Å². The summed E-state index contributed by atoms with van der Waals surface area (Å²) in [5.74, 6) is 0.797. The average molecular weight is 441 g/mol. The van der Waals surface area contributed by atoms with E-state index in [0.717, 1.165) is 5.75 Å². The number of aliphatic imine (C=N–C) groups is 1. The van der Waals surface area contributed by atoms with Crippen molar-refractivity contribution in [3.05, 3.63) is 64.2 Å². The van der Waals surface area contributed by atoms with Crippen LogP contribution in [0.3, 0.4) is 0 Å². The lowest BCUT2D eigenvalue weighted by Crippen LogP contribution is -2.35. The molecule has 2 aromatic rings. The molecule has 2 heterocycles. The first kappa shape index (κ1) is 20.2. The molecule has 7 nitrogen and oxygen atoms in total. The van der Waals surface area contributed by atoms with Gasteiger partial charge in [-0.1, -0.05) is 35.4 Å². The average Bonchev–Trinajstić information content (AvgIpc) is 3.19. The number of carbonyl (C=O) groups is 1. The number of nitrogens with one attached hydrogen (secondary N) is 1. The number of nitrogens with zero attached hydrogens (tertiary/aromatic N) is 3. The summed E-state index contributed by atoms with van der Waals surface area (Å²) in [4.78, 5) is 16.2. The maximum Gasteiger partial charge on any atom is 0.283 e. The SMILES string of the molecule is Cc1ccc(OCCOc2ccc(/C=C3\C(=N)N4N=CSC4=NC3=O)cc2Cl)cc1. The van der Waals surface area contributed by atoms with Crippen molar-refractivity contribution in [3.63, 3.8) is 0 Å². The highest BCUT2D eigenvalue weighted by Crippen LogP contribution is 2.29. The smallest absolute Gasteiger partial charge is 0.283 e. The van der Waals surface area contributed by atoms with E-state index in [2.05, 4.69) is 10.1 Å². The Morgan fingerprint density at radius 2 is 1.93 bits per heavy atom. The van der Waals surface area contributed by atoms with E-state index < -0.39 is 5.91 Å². The maximum absolute atomic E-state index is 12.2. The highest BCUT2D eigenvalue weighted by Gasteiger charge is 2.32. The second-order valence-corrected chi connectivity index (χ2v) is 7.68. The lowest BCUT2D eigenvalue weighted by molar-refractivity contribution is -0.114. The van der Waals surface area contributed by atoms with Gasteiger partial charge in [0, 0.05) is 0 Å². The minimum atomic E-state index is -0.478. The van der Waals surface area contributed by atoms with E-state index in [1.807, 2.05) is 31.2 Å². The molecule has 0 bridgehead atoms. The number of benzene rings is 2. The van der Waals surface area contributed by atoms with E-state index in [1.165, 1.54) is 27.9 Å². The first-order valence-electron chi connectivity index (χ1n) is 9.06. The van der Waals surface area contributed by atoms with Crippen molar-refractivity contribution in [3.8, 4) is 11.5 Å². The van der Waals surface area contributed by atoms with E-state index >= 15 is 0 Å². The molecule has 0 spiro atoms. The van der Waals surface area contributed by atoms with Gasteiger partial charge in [-0.15, -0.1) is 0 Å². The molecule has 0 fully saturated rings. The second kappa shape index (κ2) is 8.73. The summed E-state index contributed by atoms with van der Waals surface area (Å²) in [7, 11) is 0. The summed E-state index contributed by atoms with van der Waals surface area (Å²) in [6.45, 7) is 2.73. The van der Waals surface area contributed by atoms with Crippen LogP contribution in [0.2, 0.25) is 5.02 Å². The van der Waals surface area contributed by atoms with E-state index in [1.54, 1.807) is 24.3 Å². The molecule has 9 heteroatoms. The highest BCUT2D eigenvalue weighted by atomic mass is 35.5. The van der Waals surface area contributed by atoms with Crippen molar-refractivity contribution in [2.24, 2.45) is 10.1 Å². The van der Waals surface area contributed by atoms with Gasteiger partial charge in [0.25, 0.3) is 5.91 Å². The van der Waals surface area contributed by atoms with Crippen LogP contribution in [0.5, 0.6) is 11.5 Å². The standard InChI is InChI=1S/C21H17ClN4O3S/c1-13-2-5-15(6-3-13)28-8-9-29-18-7-4-14(11-17(18)22)10-16-19(23)26-21(25-20(16)27)30-12-24-26/h2-7,10-12,23H,8-9H2,1H3/b16-10+,23-19?. The number of ether oxygens (including phenoxy) is 2. The molecule has 0 unspecified atom stereocenters. The number of amides is 1. The minimum Gasteiger partial charge on any atom is -0.490 e. The summed E-state index contributed by atoms with van der Waals surface area (Å²) in [5.41, 5.74) is 3.51. The predicted molar refractivity (Wildman–Crippen MR) is 120 cm³/mol. The molecule has 0 atom stereocenters. The molecular weight excluding hydrogens is 424 g/mol. The van der Waals surface area contributed by atoms with Gasteiger partial charge in [-0.2, -0.15) is 15.1 Å². The fourth-order valence-electron chi connectivity index (χ4n) is 2.77. The first-order chi connectivity index (χ1) is 14.5. The van der Waals surface area contributed by atoms with Gasteiger partial charge in [-0.25, -0.2) is 0 Å². The van der Waals surface area contributed by atoms with Crippen molar-refractivity contribution < 1.29 is 14.3 Å². The zero-order valence-corrected chi connectivity index (χ0v) is 17.5. The normalized spacial score (nSPS) is 16.7. The van der Waals surface area contributed by atoms with Gasteiger partial charge in [-0.3, -0.25) is 10.2 Å². The molecule has 2 aliphatic heterocycles. The lowest BCUT2D eigenvalue weighted by atomic mass is 10.1. The number of aryl methyl sites for hydroxylation is 1. The van der Waals surface area contributed by atoms with Crippen molar-refractivity contribution in [2.45, 2.75) is 6.92 Å². The third-order valence-corrected chi connectivity index (χ3v) is 5.26. The van der Waals surface area contributed by atoms with Crippen molar-refractivity contribution in [2.75, 3.05) is 13.2 Å². The van der Waals surface area contributed by atoms with Crippen LogP contribution in [-0.2, 0) is 4.79 Å². The van der Waals surface area contributed by atoms with Crippen molar-refractivity contribution in [1.29, 1.82) is 5.41 Å². The Hall–Kier alpha value is -3.10. The zero-order chi connectivity index (χ0) is 21.1. The molecule has 30 heavy (non-hydrogen) atoms. The number of halogens is 1. The predicted octanol–water partition coefficient (Wildman–Crippen LogP) is 4.36. The molecule has 0 aromatic heterocycles. The van der Waals surface area contributed by atoms with Gasteiger partial charge in [0.05, 0.1) is 16.1 Å². The van der Waals surface area contributed by atoms with Crippen molar-refractivity contribution >= 4 is 51.9 Å². The van der Waals surface area contributed by atoms with Gasteiger partial charge in [-0.05, 0) is 54.6 Å². The van der Waals surface area contributed by atoms with Crippen molar-refractivity contribution in [1.82, 2.24) is 5.01 Å². The van der Waals surface area contributed by atoms with Gasteiger partial charge < -0.3 is 9.47 Å². The minimum absolute atomic E-state index is 0.0176. The Bertz CT molecular complexity index is 1100. The van der Waals surface area contributed by atoms with Crippen LogP contribution in [0.1, 0.15) is 11.1 Å². The molecule has 2 aromatic carbocycles. The number of hydrogen-bond acceptors (Lipinski definition) is 6. The molecule has 2 aliphatic rings. The Labute approximate surface area is 182 Å². The summed E-state index contributed by atoms with van der Waals surface area (Å²) in [6.07, 6.45) is 1.57. The monoisotopic (exact) mass is 440 g/mol. The number of rotatable bonds is 6. The van der Waals surface area contributed by atoms with E-state index in [9.17, 15) is 4.79 Å². The molecule has 0 aliphatic carbocycles. The summed E-state index contributed by atoms with van der Waals surface area (Å²) in [5, 5.41) is 14.3. The highest BCUT2D eigenvalue weighted by molar-refractivity contribution is 8.25. The van der Waals surface area contributed by atoms with Crippen LogP contribution in [0, 0.1) is 12.3 Å². The molecular formula is C21H17ClN4O3S. The Morgan fingerprint density at radius 3 is 2.70 bits per heavy atom. The van der Waals surface area contributed by atoms with Crippen LogP contribution < -0.4 is 9.47 Å². The van der Waals surface area contributed by atoms with Gasteiger partial charge >= 0.3 is 0 Å². The molecule has 4 rings (SSSR count). The van der Waals surface area contributed by atoms with Gasteiger partial charge in [0.2, 0.25) is 0 Å². The Morgan fingerprint density at radius 1 is 1.17 bits per heavy atom. The first-order valence-corrected chi connectivity index (χ1v) is 10.3. The molecule has 0 saturated carbocycles. The number of amidine groups is 2. The number of fused-ring (bicyclic) bond motifs is 1. The molecule has 1 amide bonds. The summed E-state index contributed by atoms with van der Waals surface area (Å²) < 4.78 is 11.3. The Balaban J connectivity index is 1.39. The number of carbonyl (C=O) groups excluding carboxylic acids is 1. The maximum atomic E-state index is 12.2. The fraction of sp³-hybridized carbons (Fsp3) is 0.143. The van der Waals surface area contributed by atoms with E-state index in [0.29, 0.717) is 34.7 Å². The van der Waals surface area contributed by atoms with Crippen LogP contribution in [0.15, 0.2) is 58.1 Å². The van der Waals surface area contributed by atoms with Gasteiger partial charge in [0.15, 0.2) is 11.0 Å². The van der Waals surface area contributed by atoms with E-state index in [4.69, 9.17) is 26.5 Å². The molecule has 0 saturated heterocycles. The Kier molecular flexibility index (Phi) is 5.87. The largest absolute Gasteiger partial charge is 0.490 e. The van der Waals surface area contributed by atoms with Crippen LogP contribution in [0.25, 0.3) is 6.08 Å². The third-order valence-electron chi connectivity index (χ3n) is 4.29. The number of hydrogen-bond donors (Lipinski definition) is 1. The summed E-state index contributed by atoms with van der Waals surface area (Å²) >= 11 is 7.53. The van der Waals surface area contributed by atoms with Gasteiger partial charge in [0.1, 0.15) is 24.7 Å². The third kappa shape index (κ3) is 4.39. The zero-order valence-electron chi connectivity index (χ0n) is 16.0. The van der Waals surface area contributed by atoms with Crippen LogP contribution in [0.4, 0.5) is 0 Å². The quantitative estimate of drug-likeness (QED) is 0.532. The lowest BCUT2D eigenvalue weighted by Gasteiger charge is -2.20. The van der Waals surface area contributed by atoms with E-state index in [-0.39, 0.29) is 11.4 Å². The fourth-order valence-corrected chi connectivity index (χ4v) is 3.63. The summed E-state index contributed by atoms with van der Waals surface area (Å²) in [6, 6.07) is 12.9. The number of thioether (sulfide) groups is 1. The number of hydrazone groups is 1.